The highest BCUT2D eigenvalue weighted by Gasteiger charge is 2.20. The molecule has 2 heterocycles. The topological polar surface area (TPSA) is 110 Å². The lowest BCUT2D eigenvalue weighted by Gasteiger charge is -2.13. The molecule has 33 heavy (non-hydrogen) atoms. The number of nitrogens with zero attached hydrogens (tertiary/aromatic N) is 2. The largest absolute Gasteiger partial charge is 0.348 e. The molecule has 1 amide bonds. The number of carbonyl (C=O) groups is 1. The second-order valence-corrected chi connectivity index (χ2v) is 10.0. The number of benzene rings is 2. The first kappa shape index (κ1) is 22.7. The highest BCUT2D eigenvalue weighted by atomic mass is 32.2. The normalized spacial score (nSPS) is 11.4. The second-order valence-electron chi connectivity index (χ2n) is 7.34. The molecule has 0 atom stereocenters. The van der Waals surface area contributed by atoms with Crippen LogP contribution < -0.4 is 14.9 Å². The number of fused-ring (bicyclic) bond motifs is 1. The molecule has 0 unspecified atom stereocenters. The highest BCUT2D eigenvalue weighted by Crippen LogP contribution is 2.25. The first-order valence-corrected chi connectivity index (χ1v) is 12.6. The fraction of sp³-hybridized carbons (Fsp3) is 0.174. The van der Waals surface area contributed by atoms with Gasteiger partial charge in [-0.25, -0.2) is 8.42 Å². The number of amides is 1. The van der Waals surface area contributed by atoms with Crippen molar-refractivity contribution in [2.75, 3.05) is 4.72 Å². The Hall–Kier alpha value is -3.50. The Labute approximate surface area is 195 Å². The number of carbonyl (C=O) groups excluding carboxylic acids is 1. The van der Waals surface area contributed by atoms with Crippen molar-refractivity contribution in [1.29, 1.82) is 0 Å². The molecule has 0 aliphatic heterocycles. The van der Waals surface area contributed by atoms with E-state index in [-0.39, 0.29) is 27.6 Å². The van der Waals surface area contributed by atoms with E-state index in [1.807, 2.05) is 13.0 Å². The predicted octanol–water partition coefficient (Wildman–Crippen LogP) is 3.60. The monoisotopic (exact) mass is 482 g/mol. The number of anilines is 1. The maximum atomic E-state index is 13.1. The smallest absolute Gasteiger partial charge is 0.308 e. The molecule has 0 fully saturated rings. The molecular weight excluding hydrogens is 460 g/mol. The van der Waals surface area contributed by atoms with Crippen LogP contribution >= 0.6 is 11.3 Å². The molecule has 8 nitrogen and oxygen atoms in total. The van der Waals surface area contributed by atoms with E-state index in [9.17, 15) is 18.0 Å². The van der Waals surface area contributed by atoms with Gasteiger partial charge in [0.2, 0.25) is 0 Å². The van der Waals surface area contributed by atoms with Crippen molar-refractivity contribution in [3.8, 4) is 0 Å². The first-order valence-electron chi connectivity index (χ1n) is 10.3. The summed E-state index contributed by atoms with van der Waals surface area (Å²) in [6.45, 7) is 2.81. The van der Waals surface area contributed by atoms with E-state index in [0.29, 0.717) is 16.8 Å². The molecular formula is C23H22N4O4S2. The van der Waals surface area contributed by atoms with Gasteiger partial charge in [-0.1, -0.05) is 36.5 Å². The number of thiazole rings is 1. The third-order valence-corrected chi connectivity index (χ3v) is 7.29. The lowest BCUT2D eigenvalue weighted by Crippen LogP contribution is -2.25. The Balaban J connectivity index is 1.58. The number of hydrogen-bond donors (Lipinski definition) is 2. The number of nitrogens with one attached hydrogen (secondary N) is 2. The summed E-state index contributed by atoms with van der Waals surface area (Å²) in [5, 5.41) is 2.78. The van der Waals surface area contributed by atoms with E-state index in [4.69, 9.17) is 0 Å². The van der Waals surface area contributed by atoms with Crippen molar-refractivity contribution in [2.45, 2.75) is 31.3 Å². The third kappa shape index (κ3) is 4.96. The third-order valence-electron chi connectivity index (χ3n) is 4.99. The van der Waals surface area contributed by atoms with Gasteiger partial charge in [0.25, 0.3) is 15.9 Å². The van der Waals surface area contributed by atoms with Crippen molar-refractivity contribution in [1.82, 2.24) is 14.9 Å². The molecule has 170 valence electrons. The molecule has 0 bridgehead atoms. The lowest BCUT2D eigenvalue weighted by molar-refractivity contribution is 0.0952. The van der Waals surface area contributed by atoms with Crippen LogP contribution in [0.4, 0.5) is 5.69 Å². The number of rotatable bonds is 8. The Morgan fingerprint density at radius 3 is 2.70 bits per heavy atom. The molecule has 0 spiro atoms. The first-order chi connectivity index (χ1) is 15.9. The Morgan fingerprint density at radius 2 is 1.94 bits per heavy atom. The number of pyridine rings is 1. The molecule has 2 N–H and O–H groups in total. The van der Waals surface area contributed by atoms with Crippen LogP contribution in [-0.4, -0.2) is 23.9 Å². The zero-order valence-corrected chi connectivity index (χ0v) is 19.4. The van der Waals surface area contributed by atoms with Crippen LogP contribution in [0.2, 0.25) is 0 Å². The van der Waals surface area contributed by atoms with E-state index in [1.54, 1.807) is 47.3 Å². The number of hydrogen-bond acceptors (Lipinski definition) is 6. The van der Waals surface area contributed by atoms with Crippen LogP contribution in [0.15, 0.2) is 76.7 Å². The average molecular weight is 483 g/mol. The second kappa shape index (κ2) is 9.55. The number of aryl methyl sites for hydroxylation is 1. The SMILES string of the molecule is CCCn1c(=O)sc2cc(S(=O)(=O)Nc3ccccc3C(=O)NCc3cccnc3)ccc21. The fourth-order valence-electron chi connectivity index (χ4n) is 3.40. The Bertz CT molecular complexity index is 1460. The molecule has 4 aromatic rings. The number of para-hydroxylation sites is 1. The van der Waals surface area contributed by atoms with E-state index >= 15 is 0 Å². The van der Waals surface area contributed by atoms with Crippen LogP contribution in [0.5, 0.6) is 0 Å². The predicted molar refractivity (Wildman–Crippen MR) is 129 cm³/mol. The van der Waals surface area contributed by atoms with E-state index in [1.165, 1.54) is 18.2 Å². The van der Waals surface area contributed by atoms with Gasteiger partial charge in [0.1, 0.15) is 0 Å². The van der Waals surface area contributed by atoms with Gasteiger partial charge in [0.15, 0.2) is 0 Å². The molecule has 2 aromatic carbocycles. The molecule has 2 aromatic heterocycles. The summed E-state index contributed by atoms with van der Waals surface area (Å²) in [5.74, 6) is -0.414. The van der Waals surface area contributed by atoms with E-state index in [2.05, 4.69) is 15.0 Å². The van der Waals surface area contributed by atoms with Gasteiger partial charge >= 0.3 is 4.87 Å². The number of aromatic nitrogens is 2. The van der Waals surface area contributed by atoms with Crippen LogP contribution in [0.3, 0.4) is 0 Å². The maximum Gasteiger partial charge on any atom is 0.308 e. The Kier molecular flexibility index (Phi) is 6.57. The molecule has 0 radical (unpaired) electrons. The molecule has 0 aliphatic carbocycles. The summed E-state index contributed by atoms with van der Waals surface area (Å²) in [6.07, 6.45) is 4.09. The molecule has 0 aliphatic rings. The minimum Gasteiger partial charge on any atom is -0.348 e. The van der Waals surface area contributed by atoms with Crippen molar-refractivity contribution in [3.63, 3.8) is 0 Å². The van der Waals surface area contributed by atoms with Gasteiger partial charge in [-0.15, -0.1) is 0 Å². The fourth-order valence-corrected chi connectivity index (χ4v) is 5.54. The zero-order valence-electron chi connectivity index (χ0n) is 17.8. The van der Waals surface area contributed by atoms with Gasteiger partial charge in [0.05, 0.1) is 26.4 Å². The summed E-state index contributed by atoms with van der Waals surface area (Å²) < 4.78 is 30.9. The van der Waals surface area contributed by atoms with Crippen LogP contribution in [0.25, 0.3) is 10.2 Å². The molecule has 4 rings (SSSR count). The van der Waals surface area contributed by atoms with Crippen LogP contribution in [-0.2, 0) is 23.1 Å². The van der Waals surface area contributed by atoms with Gasteiger partial charge in [-0.3, -0.25) is 23.9 Å². The lowest BCUT2D eigenvalue weighted by atomic mass is 10.1. The molecule has 10 heteroatoms. The van der Waals surface area contributed by atoms with Crippen LogP contribution in [0, 0.1) is 0 Å². The van der Waals surface area contributed by atoms with Gasteiger partial charge < -0.3 is 5.32 Å². The van der Waals surface area contributed by atoms with Crippen molar-refractivity contribution < 1.29 is 13.2 Å². The summed E-state index contributed by atoms with van der Waals surface area (Å²) in [4.78, 5) is 28.9. The summed E-state index contributed by atoms with van der Waals surface area (Å²) in [7, 11) is -3.99. The van der Waals surface area contributed by atoms with Crippen LogP contribution in [0.1, 0.15) is 29.3 Å². The minimum absolute atomic E-state index is 0.0190. The van der Waals surface area contributed by atoms with E-state index in [0.717, 1.165) is 23.3 Å². The van der Waals surface area contributed by atoms with Crippen molar-refractivity contribution >= 4 is 43.2 Å². The van der Waals surface area contributed by atoms with Gasteiger partial charge in [0, 0.05) is 25.5 Å². The summed E-state index contributed by atoms with van der Waals surface area (Å²) in [6, 6.07) is 14.6. The van der Waals surface area contributed by atoms with E-state index < -0.39 is 15.9 Å². The van der Waals surface area contributed by atoms with Crippen molar-refractivity contribution in [2.24, 2.45) is 0 Å². The molecule has 0 saturated carbocycles. The van der Waals surface area contributed by atoms with Gasteiger partial charge in [-0.2, -0.15) is 0 Å². The van der Waals surface area contributed by atoms with Crippen molar-refractivity contribution in [3.05, 3.63) is 87.8 Å². The summed E-state index contributed by atoms with van der Waals surface area (Å²) in [5.41, 5.74) is 1.90. The number of sulfonamides is 1. The van der Waals surface area contributed by atoms with Gasteiger partial charge in [-0.05, 0) is 48.4 Å². The minimum atomic E-state index is -3.99. The Morgan fingerprint density at radius 1 is 1.12 bits per heavy atom. The standard InChI is InChI=1S/C23H22N4O4S2/c1-2-12-27-20-10-9-17(13-21(20)32-23(27)29)33(30,31)26-19-8-4-3-7-18(19)22(28)25-15-16-6-5-11-24-14-16/h3-11,13-14,26H,2,12,15H2,1H3,(H,25,28). The maximum absolute atomic E-state index is 13.1. The zero-order chi connectivity index (χ0) is 23.4. The summed E-state index contributed by atoms with van der Waals surface area (Å²) >= 11 is 1.01. The average Bonchev–Trinajstić information content (AvgIpc) is 3.13. The highest BCUT2D eigenvalue weighted by molar-refractivity contribution is 7.92. The molecule has 0 saturated heterocycles. The quantitative estimate of drug-likeness (QED) is 0.399.